The predicted octanol–water partition coefficient (Wildman–Crippen LogP) is -0.827. The summed E-state index contributed by atoms with van der Waals surface area (Å²) in [7, 11) is 1.28. The number of rotatable bonds is 2. The van der Waals surface area contributed by atoms with E-state index in [9.17, 15) is 9.18 Å². The van der Waals surface area contributed by atoms with Crippen LogP contribution in [0.3, 0.4) is 0 Å². The molecule has 1 aliphatic heterocycles. The van der Waals surface area contributed by atoms with Gasteiger partial charge < -0.3 is 0 Å². The van der Waals surface area contributed by atoms with Crippen molar-refractivity contribution in [1.82, 2.24) is 9.97 Å². The second kappa shape index (κ2) is 4.18. The van der Waals surface area contributed by atoms with E-state index in [1.807, 2.05) is 0 Å². The van der Waals surface area contributed by atoms with Gasteiger partial charge in [0.25, 0.3) is 0 Å². The first-order valence-electron chi connectivity index (χ1n) is 4.30. The van der Waals surface area contributed by atoms with E-state index in [0.29, 0.717) is 9.10 Å². The second-order valence-corrected chi connectivity index (χ2v) is 9.23. The maximum absolute atomic E-state index is 13.3. The van der Waals surface area contributed by atoms with Crippen LogP contribution >= 0.6 is 0 Å². The minimum absolute atomic E-state index is 0.209. The Labute approximate surface area is 98.7 Å². The number of halogens is 1. The molecular weight excluding hydrogens is 415 g/mol. The predicted molar refractivity (Wildman–Crippen MR) is 47.5 cm³/mol. The van der Waals surface area contributed by atoms with Crippen LogP contribution in [0.1, 0.15) is 5.69 Å². The van der Waals surface area contributed by atoms with Gasteiger partial charge in [0.15, 0.2) is 0 Å². The van der Waals surface area contributed by atoms with E-state index in [4.69, 9.17) is 8.78 Å². The molecule has 0 radical (unpaired) electrons. The summed E-state index contributed by atoms with van der Waals surface area (Å²) in [6.45, 7) is 0. The Balaban J connectivity index is 2.44. The van der Waals surface area contributed by atoms with Gasteiger partial charge in [0.05, 0.1) is 0 Å². The van der Waals surface area contributed by atoms with E-state index in [2.05, 4.69) is 14.7 Å². The first-order valence-corrected chi connectivity index (χ1v) is 9.16. The van der Waals surface area contributed by atoms with Gasteiger partial charge >= 0.3 is 98.8 Å². The zero-order valence-electron chi connectivity index (χ0n) is 8.28. The summed E-state index contributed by atoms with van der Waals surface area (Å²) >= 11 is -2.72. The topological polar surface area (TPSA) is 98.3 Å². The summed E-state index contributed by atoms with van der Waals surface area (Å²) < 4.78 is 23.6. The molecule has 0 fully saturated rings. The van der Waals surface area contributed by atoms with Crippen molar-refractivity contribution in [1.29, 1.82) is 0 Å². The first-order chi connectivity index (χ1) is 7.54. The quantitative estimate of drug-likeness (QED) is 0.644. The van der Waals surface area contributed by atoms with Crippen LogP contribution in [0.25, 0.3) is 0 Å². The molecule has 6 nitrogen and oxygen atoms in total. The molecule has 2 rings (SSSR count). The fourth-order valence-corrected chi connectivity index (χ4v) is 6.49. The molecule has 2 heterocycles. The Kier molecular flexibility index (Phi) is 3.03. The molecule has 0 bridgehead atoms. The summed E-state index contributed by atoms with van der Waals surface area (Å²) in [5.74, 6) is -1.99. The average molecular weight is 424 g/mol. The van der Waals surface area contributed by atoms with Crippen LogP contribution in [-0.2, 0) is 11.2 Å². The van der Waals surface area contributed by atoms with Gasteiger partial charge in [0.2, 0.25) is 0 Å². The van der Waals surface area contributed by atoms with Gasteiger partial charge in [-0.2, -0.15) is 0 Å². The maximum atomic E-state index is 13.3. The number of ether oxygens (including phenoxy) is 1. The summed E-state index contributed by atoms with van der Waals surface area (Å²) in [6.07, 6.45) is 0.231. The van der Waals surface area contributed by atoms with Gasteiger partial charge in [0, 0.05) is 0 Å². The zero-order chi connectivity index (χ0) is 11.9. The zero-order valence-corrected chi connectivity index (χ0v) is 11.2. The molecule has 1 aliphatic rings. The summed E-state index contributed by atoms with van der Waals surface area (Å²) in [6, 6.07) is 0. The number of nitrogens with zero attached hydrogens (tertiary/aromatic N) is 2. The fraction of sp³-hybridized carbons (Fsp3) is 0.375. The summed E-state index contributed by atoms with van der Waals surface area (Å²) in [4.78, 5) is 18.5. The molecule has 0 aromatic carbocycles. The molecule has 16 heavy (non-hydrogen) atoms. The van der Waals surface area contributed by atoms with Crippen LogP contribution in [-0.4, -0.2) is 28.2 Å². The number of methoxy groups -OCH3 is 1. The van der Waals surface area contributed by atoms with Gasteiger partial charge in [-0.3, -0.25) is 0 Å². The molecule has 0 saturated heterocycles. The molecule has 0 spiro atoms. The molecule has 0 amide bonds. The number of aromatic nitrogens is 2. The Morgan fingerprint density at radius 1 is 1.69 bits per heavy atom. The number of nitrogens with two attached hydrogens (primary N) is 1. The molecule has 1 aromatic heterocycles. The number of hydrogen-bond acceptors (Lipinski definition) is 5. The van der Waals surface area contributed by atoms with Crippen LogP contribution < -0.4 is 11.8 Å². The molecule has 0 saturated carbocycles. The van der Waals surface area contributed by atoms with Crippen molar-refractivity contribution in [3.8, 4) is 5.88 Å². The van der Waals surface area contributed by atoms with Crippen LogP contribution in [0, 0.1) is 28.0 Å². The SMILES string of the molecule is COc1nc2c(nc1F)[At](N)C(C(=O)O)C2. The fourth-order valence-electron chi connectivity index (χ4n) is 1.41. The van der Waals surface area contributed by atoms with Crippen molar-refractivity contribution in [3.05, 3.63) is 11.6 Å². The summed E-state index contributed by atoms with van der Waals surface area (Å²) in [5, 5.41) is 8.94. The van der Waals surface area contributed by atoms with Crippen molar-refractivity contribution >= 4 is 9.37 Å². The van der Waals surface area contributed by atoms with E-state index < -0.39 is 37.6 Å². The molecule has 0 aliphatic carbocycles. The monoisotopic (exact) mass is 424 g/mol. The molecule has 1 aromatic rings. The molecular formula is C8H9AtFN3O3. The normalized spacial score (nSPS) is 20.7. The Morgan fingerprint density at radius 3 is 2.94 bits per heavy atom. The van der Waals surface area contributed by atoms with Gasteiger partial charge in [-0.05, 0) is 0 Å². The van der Waals surface area contributed by atoms with Crippen LogP contribution in [0.5, 0.6) is 5.88 Å². The second-order valence-electron chi connectivity index (χ2n) is 3.12. The molecule has 8 heteroatoms. The van der Waals surface area contributed by atoms with Crippen molar-refractivity contribution < 1.29 is 41.1 Å². The third-order valence-electron chi connectivity index (χ3n) is 2.17. The van der Waals surface area contributed by atoms with Crippen LogP contribution in [0.2, 0.25) is 3.63 Å². The van der Waals surface area contributed by atoms with Crippen LogP contribution in [0.15, 0.2) is 0 Å². The standard InChI is InChI=1S/C8H9AtFN3O3/c1-16-7-6(10)13-5-4(12-7)2-3(8(14)15)9(5)11/h3H,2,11H2,1H3,(H,14,15). The van der Waals surface area contributed by atoms with E-state index in [-0.39, 0.29) is 12.3 Å². The number of hydrogen-bond donors (Lipinski definition) is 2. The number of carbonyl (C=O) groups is 1. The number of fused-ring (bicyclic) bond motifs is 1. The van der Waals surface area contributed by atoms with Gasteiger partial charge in [-0.1, -0.05) is 0 Å². The number of carboxylic acid groups (broad SMARTS) is 1. The molecule has 3 N–H and O–H groups in total. The molecule has 1 atom stereocenters. The van der Waals surface area contributed by atoms with Crippen molar-refractivity contribution in [3.63, 3.8) is 0 Å². The van der Waals surface area contributed by atoms with Crippen LogP contribution in [0.4, 0.5) is 4.39 Å². The van der Waals surface area contributed by atoms with Crippen molar-refractivity contribution in [2.24, 2.45) is 3.68 Å². The van der Waals surface area contributed by atoms with Crippen molar-refractivity contribution in [2.45, 2.75) is 10.0 Å². The van der Waals surface area contributed by atoms with Gasteiger partial charge in [-0.25, -0.2) is 0 Å². The number of aliphatic carboxylic acids is 1. The van der Waals surface area contributed by atoms with Gasteiger partial charge in [-0.15, -0.1) is 0 Å². The Bertz CT molecular complexity index is 456. The summed E-state index contributed by atoms with van der Waals surface area (Å²) in [5.41, 5.74) is 0.469. The number of carboxylic acids is 1. The van der Waals surface area contributed by atoms with E-state index in [0.717, 1.165) is 0 Å². The average Bonchev–Trinajstić information content (AvgIpc) is 2.55. The molecule has 1 unspecified atom stereocenters. The van der Waals surface area contributed by atoms with E-state index in [1.54, 1.807) is 0 Å². The van der Waals surface area contributed by atoms with E-state index >= 15 is 0 Å². The minimum atomic E-state index is -2.72. The molecule has 88 valence electrons. The third-order valence-corrected chi connectivity index (χ3v) is 8.49. The van der Waals surface area contributed by atoms with Crippen molar-refractivity contribution in [2.75, 3.05) is 7.11 Å². The first kappa shape index (κ1) is 11.6. The Morgan fingerprint density at radius 2 is 2.38 bits per heavy atom. The Hall–Kier alpha value is -0.877. The van der Waals surface area contributed by atoms with Gasteiger partial charge in [0.1, 0.15) is 0 Å². The third kappa shape index (κ3) is 1.76. The van der Waals surface area contributed by atoms with E-state index in [1.165, 1.54) is 7.11 Å².